The molecule has 0 saturated heterocycles. The zero-order valence-corrected chi connectivity index (χ0v) is 10.5. The first-order valence-corrected chi connectivity index (χ1v) is 6.27. The number of nitrogens with zero attached hydrogens (tertiary/aromatic N) is 1. The van der Waals surface area contributed by atoms with Gasteiger partial charge in [-0.05, 0) is 19.5 Å². The van der Waals surface area contributed by atoms with Crippen molar-refractivity contribution < 1.29 is 0 Å². The Morgan fingerprint density at radius 2 is 2.00 bits per heavy atom. The molecule has 0 aliphatic carbocycles. The maximum atomic E-state index is 4.43. The van der Waals surface area contributed by atoms with Crippen LogP contribution >= 0.6 is 11.3 Å². The molecule has 1 aromatic carbocycles. The molecule has 1 aromatic heterocycles. The van der Waals surface area contributed by atoms with Crippen molar-refractivity contribution in [1.82, 2.24) is 10.3 Å². The maximum absolute atomic E-state index is 4.43. The smallest absolute Gasteiger partial charge is 0.0943 e. The van der Waals surface area contributed by atoms with Crippen molar-refractivity contribution in [3.05, 3.63) is 41.0 Å². The average molecular weight is 232 g/mol. The third-order valence-electron chi connectivity index (χ3n) is 2.48. The molecule has 16 heavy (non-hydrogen) atoms. The Morgan fingerprint density at radius 1 is 1.25 bits per heavy atom. The van der Waals surface area contributed by atoms with Crippen molar-refractivity contribution >= 4 is 11.3 Å². The number of hydrogen-bond acceptors (Lipinski definition) is 3. The van der Waals surface area contributed by atoms with Gasteiger partial charge < -0.3 is 5.32 Å². The van der Waals surface area contributed by atoms with Crippen LogP contribution in [0.4, 0.5) is 0 Å². The first-order chi connectivity index (χ1) is 7.79. The SMILES string of the molecule is CNCCc1ncc(-c2ccc(C)cc2)s1. The molecule has 0 bridgehead atoms. The van der Waals surface area contributed by atoms with E-state index >= 15 is 0 Å². The standard InChI is InChI=1S/C13H16N2S/c1-10-3-5-11(6-4-10)12-9-15-13(16-12)7-8-14-2/h3-6,9,14H,7-8H2,1-2H3. The minimum absolute atomic E-state index is 0.987. The molecule has 0 saturated carbocycles. The van der Waals surface area contributed by atoms with E-state index in [2.05, 4.69) is 41.5 Å². The van der Waals surface area contributed by atoms with E-state index in [1.807, 2.05) is 13.2 Å². The highest BCUT2D eigenvalue weighted by Gasteiger charge is 2.03. The molecule has 0 unspecified atom stereocenters. The van der Waals surface area contributed by atoms with E-state index in [4.69, 9.17) is 0 Å². The number of hydrogen-bond donors (Lipinski definition) is 1. The van der Waals surface area contributed by atoms with Crippen molar-refractivity contribution in [2.45, 2.75) is 13.3 Å². The zero-order chi connectivity index (χ0) is 11.4. The summed E-state index contributed by atoms with van der Waals surface area (Å²) in [6, 6.07) is 8.60. The molecule has 84 valence electrons. The number of nitrogens with one attached hydrogen (secondary N) is 1. The predicted molar refractivity (Wildman–Crippen MR) is 69.9 cm³/mol. The lowest BCUT2D eigenvalue weighted by molar-refractivity contribution is 0.787. The van der Waals surface area contributed by atoms with Crippen LogP contribution in [0, 0.1) is 6.92 Å². The Balaban J connectivity index is 2.15. The molecule has 3 heteroatoms. The lowest BCUT2D eigenvalue weighted by Crippen LogP contribution is -2.09. The second kappa shape index (κ2) is 5.23. The fraction of sp³-hybridized carbons (Fsp3) is 0.308. The van der Waals surface area contributed by atoms with Gasteiger partial charge in [-0.3, -0.25) is 0 Å². The van der Waals surface area contributed by atoms with E-state index in [0.29, 0.717) is 0 Å². The number of aromatic nitrogens is 1. The highest BCUT2D eigenvalue weighted by molar-refractivity contribution is 7.15. The molecule has 0 spiro atoms. The number of likely N-dealkylation sites (N-methyl/N-ethyl adjacent to an activating group) is 1. The van der Waals surface area contributed by atoms with Gasteiger partial charge >= 0.3 is 0 Å². The van der Waals surface area contributed by atoms with Crippen LogP contribution in [0.2, 0.25) is 0 Å². The third kappa shape index (κ3) is 2.68. The number of benzene rings is 1. The van der Waals surface area contributed by atoms with E-state index < -0.39 is 0 Å². The number of thiazole rings is 1. The fourth-order valence-electron chi connectivity index (χ4n) is 1.51. The van der Waals surface area contributed by atoms with Gasteiger partial charge in [0.05, 0.1) is 9.88 Å². The highest BCUT2D eigenvalue weighted by Crippen LogP contribution is 2.26. The predicted octanol–water partition coefficient (Wildman–Crippen LogP) is 2.88. The first-order valence-electron chi connectivity index (χ1n) is 5.46. The summed E-state index contributed by atoms with van der Waals surface area (Å²) >= 11 is 1.78. The molecule has 0 aliphatic heterocycles. The van der Waals surface area contributed by atoms with Crippen LogP contribution < -0.4 is 5.32 Å². The summed E-state index contributed by atoms with van der Waals surface area (Å²) in [7, 11) is 1.97. The van der Waals surface area contributed by atoms with Crippen LogP contribution in [-0.2, 0) is 6.42 Å². The van der Waals surface area contributed by atoms with Crippen LogP contribution in [-0.4, -0.2) is 18.6 Å². The molecule has 0 atom stereocenters. The normalized spacial score (nSPS) is 10.6. The quantitative estimate of drug-likeness (QED) is 0.876. The first kappa shape index (κ1) is 11.3. The van der Waals surface area contributed by atoms with Gasteiger partial charge in [-0.25, -0.2) is 4.98 Å². The van der Waals surface area contributed by atoms with Crippen molar-refractivity contribution in [1.29, 1.82) is 0 Å². The summed E-state index contributed by atoms with van der Waals surface area (Å²) in [5.74, 6) is 0. The summed E-state index contributed by atoms with van der Waals surface area (Å²) in [5.41, 5.74) is 2.56. The monoisotopic (exact) mass is 232 g/mol. The van der Waals surface area contributed by atoms with Crippen LogP contribution in [0.3, 0.4) is 0 Å². The summed E-state index contributed by atoms with van der Waals surface area (Å²) in [4.78, 5) is 5.69. The molecule has 1 N–H and O–H groups in total. The van der Waals surface area contributed by atoms with Gasteiger partial charge in [0.1, 0.15) is 0 Å². The third-order valence-corrected chi connectivity index (χ3v) is 3.58. The van der Waals surface area contributed by atoms with Gasteiger partial charge in [0.15, 0.2) is 0 Å². The largest absolute Gasteiger partial charge is 0.319 e. The van der Waals surface area contributed by atoms with Crippen molar-refractivity contribution in [2.24, 2.45) is 0 Å². The Bertz CT molecular complexity index is 445. The molecular formula is C13H16N2S. The number of rotatable bonds is 4. The van der Waals surface area contributed by atoms with E-state index in [-0.39, 0.29) is 0 Å². The molecule has 1 heterocycles. The van der Waals surface area contributed by atoms with E-state index in [1.54, 1.807) is 11.3 Å². The van der Waals surface area contributed by atoms with Crippen LogP contribution in [0.5, 0.6) is 0 Å². The average Bonchev–Trinajstić information content (AvgIpc) is 2.76. The van der Waals surface area contributed by atoms with Gasteiger partial charge in [0.25, 0.3) is 0 Å². The second-order valence-corrected chi connectivity index (χ2v) is 4.95. The van der Waals surface area contributed by atoms with Crippen molar-refractivity contribution in [3.63, 3.8) is 0 Å². The molecule has 2 aromatic rings. The van der Waals surface area contributed by atoms with Crippen molar-refractivity contribution in [2.75, 3.05) is 13.6 Å². The summed E-state index contributed by atoms with van der Waals surface area (Å²) in [5, 5.41) is 4.34. The number of aryl methyl sites for hydroxylation is 1. The van der Waals surface area contributed by atoms with E-state index in [0.717, 1.165) is 13.0 Å². The van der Waals surface area contributed by atoms with E-state index in [1.165, 1.54) is 21.0 Å². The van der Waals surface area contributed by atoms with E-state index in [9.17, 15) is 0 Å². The Kier molecular flexibility index (Phi) is 3.70. The van der Waals surface area contributed by atoms with Crippen LogP contribution in [0.1, 0.15) is 10.6 Å². The topological polar surface area (TPSA) is 24.9 Å². The van der Waals surface area contributed by atoms with Gasteiger partial charge in [-0.2, -0.15) is 0 Å². The van der Waals surface area contributed by atoms with Gasteiger partial charge in [-0.1, -0.05) is 29.8 Å². The highest BCUT2D eigenvalue weighted by atomic mass is 32.1. The Hall–Kier alpha value is -1.19. The molecule has 0 aliphatic rings. The molecule has 0 fully saturated rings. The molecular weight excluding hydrogens is 216 g/mol. The maximum Gasteiger partial charge on any atom is 0.0943 e. The molecule has 0 amide bonds. The minimum atomic E-state index is 0.987. The molecule has 0 radical (unpaired) electrons. The van der Waals surface area contributed by atoms with Crippen molar-refractivity contribution in [3.8, 4) is 10.4 Å². The fourth-order valence-corrected chi connectivity index (χ4v) is 2.43. The lowest BCUT2D eigenvalue weighted by Gasteiger charge is -1.97. The van der Waals surface area contributed by atoms with Gasteiger partial charge in [-0.15, -0.1) is 11.3 Å². The zero-order valence-electron chi connectivity index (χ0n) is 9.66. The Morgan fingerprint density at radius 3 is 2.69 bits per heavy atom. The van der Waals surface area contributed by atoms with Gasteiger partial charge in [0, 0.05) is 19.2 Å². The summed E-state index contributed by atoms with van der Waals surface area (Å²) < 4.78 is 0. The van der Waals surface area contributed by atoms with Crippen LogP contribution in [0.25, 0.3) is 10.4 Å². The second-order valence-electron chi connectivity index (χ2n) is 3.84. The molecule has 2 nitrogen and oxygen atoms in total. The van der Waals surface area contributed by atoms with Crippen LogP contribution in [0.15, 0.2) is 30.5 Å². The summed E-state index contributed by atoms with van der Waals surface area (Å²) in [6.07, 6.45) is 2.98. The Labute approximate surface area is 100 Å². The summed E-state index contributed by atoms with van der Waals surface area (Å²) in [6.45, 7) is 3.09. The lowest BCUT2D eigenvalue weighted by atomic mass is 10.1. The van der Waals surface area contributed by atoms with Gasteiger partial charge in [0.2, 0.25) is 0 Å². The molecule has 2 rings (SSSR count). The minimum Gasteiger partial charge on any atom is -0.319 e.